The number of hydrogen-bond acceptors (Lipinski definition) is 4. The van der Waals surface area contributed by atoms with Gasteiger partial charge in [0.15, 0.2) is 5.82 Å². The molecule has 1 amide bonds. The summed E-state index contributed by atoms with van der Waals surface area (Å²) in [6, 6.07) is 1.62. The predicted octanol–water partition coefficient (Wildman–Crippen LogP) is 1.43. The van der Waals surface area contributed by atoms with E-state index in [0.717, 1.165) is 19.4 Å². The van der Waals surface area contributed by atoms with Crippen molar-refractivity contribution in [2.45, 2.75) is 25.9 Å². The van der Waals surface area contributed by atoms with E-state index in [4.69, 9.17) is 4.74 Å². The Hall–Kier alpha value is -1.36. The van der Waals surface area contributed by atoms with E-state index in [1.165, 1.54) is 6.26 Å². The Labute approximate surface area is 87.8 Å². The van der Waals surface area contributed by atoms with Crippen molar-refractivity contribution in [3.05, 3.63) is 12.3 Å². The summed E-state index contributed by atoms with van der Waals surface area (Å²) >= 11 is 0. The zero-order valence-electron chi connectivity index (χ0n) is 8.60. The lowest BCUT2D eigenvalue weighted by atomic mass is 9.94. The van der Waals surface area contributed by atoms with Gasteiger partial charge in [-0.3, -0.25) is 4.79 Å². The minimum Gasteiger partial charge on any atom is -0.378 e. The minimum absolute atomic E-state index is 0.0225. The third kappa shape index (κ3) is 2.36. The van der Waals surface area contributed by atoms with Gasteiger partial charge in [-0.1, -0.05) is 5.16 Å². The lowest BCUT2D eigenvalue weighted by Crippen LogP contribution is -2.36. The van der Waals surface area contributed by atoms with Crippen molar-refractivity contribution < 1.29 is 14.1 Å². The van der Waals surface area contributed by atoms with Crippen LogP contribution in [-0.4, -0.2) is 23.8 Å². The Morgan fingerprint density at radius 3 is 3.20 bits per heavy atom. The summed E-state index contributed by atoms with van der Waals surface area (Å²) in [5.74, 6) is 0.323. The first kappa shape index (κ1) is 10.2. The maximum atomic E-state index is 11.8. The third-order valence-corrected chi connectivity index (χ3v) is 2.63. The van der Waals surface area contributed by atoms with E-state index < -0.39 is 0 Å². The fraction of sp³-hybridized carbons (Fsp3) is 0.600. The molecule has 1 N–H and O–H groups in total. The fourth-order valence-corrected chi connectivity index (χ4v) is 1.76. The molecule has 0 spiro atoms. The summed E-state index contributed by atoms with van der Waals surface area (Å²) in [4.78, 5) is 11.8. The second kappa shape index (κ2) is 4.44. The summed E-state index contributed by atoms with van der Waals surface area (Å²) in [5.41, 5.74) is 0. The number of nitrogens with one attached hydrogen (secondary N) is 1. The first-order valence-electron chi connectivity index (χ1n) is 5.10. The van der Waals surface area contributed by atoms with E-state index in [1.54, 1.807) is 6.07 Å². The summed E-state index contributed by atoms with van der Waals surface area (Å²) in [6.45, 7) is 2.67. The van der Waals surface area contributed by atoms with Crippen molar-refractivity contribution in [1.29, 1.82) is 0 Å². The minimum atomic E-state index is -0.0875. The summed E-state index contributed by atoms with van der Waals surface area (Å²) in [7, 11) is 0. The normalized spacial score (nSPS) is 26.2. The zero-order valence-corrected chi connectivity index (χ0v) is 8.60. The predicted molar refractivity (Wildman–Crippen MR) is 53.3 cm³/mol. The van der Waals surface area contributed by atoms with Crippen molar-refractivity contribution in [3.63, 3.8) is 0 Å². The maximum Gasteiger partial charge on any atom is 0.231 e. The molecule has 1 saturated heterocycles. The number of aromatic nitrogens is 1. The number of hydrogen-bond donors (Lipinski definition) is 1. The van der Waals surface area contributed by atoms with E-state index >= 15 is 0 Å². The van der Waals surface area contributed by atoms with E-state index in [2.05, 4.69) is 15.0 Å². The van der Waals surface area contributed by atoms with Gasteiger partial charge < -0.3 is 14.6 Å². The van der Waals surface area contributed by atoms with Gasteiger partial charge in [-0.05, 0) is 19.8 Å². The first-order chi connectivity index (χ1) is 7.27. The van der Waals surface area contributed by atoms with Gasteiger partial charge in [0.2, 0.25) is 5.91 Å². The highest BCUT2D eigenvalue weighted by atomic mass is 16.5. The molecule has 15 heavy (non-hydrogen) atoms. The molecule has 2 unspecified atom stereocenters. The summed E-state index contributed by atoms with van der Waals surface area (Å²) in [5, 5.41) is 6.33. The number of anilines is 1. The SMILES string of the molecule is CC1OCCCC1C(=O)Nc1ccon1. The van der Waals surface area contributed by atoms with Crippen LogP contribution in [0.5, 0.6) is 0 Å². The number of ether oxygens (including phenoxy) is 1. The smallest absolute Gasteiger partial charge is 0.231 e. The van der Waals surface area contributed by atoms with Gasteiger partial charge in [-0.25, -0.2) is 0 Å². The van der Waals surface area contributed by atoms with Crippen LogP contribution in [0.1, 0.15) is 19.8 Å². The molecular weight excluding hydrogens is 196 g/mol. The zero-order chi connectivity index (χ0) is 10.7. The van der Waals surface area contributed by atoms with Gasteiger partial charge >= 0.3 is 0 Å². The maximum absolute atomic E-state index is 11.8. The highest BCUT2D eigenvalue weighted by Crippen LogP contribution is 2.21. The van der Waals surface area contributed by atoms with Gasteiger partial charge in [0.1, 0.15) is 6.26 Å². The van der Waals surface area contributed by atoms with E-state index in [1.807, 2.05) is 6.92 Å². The van der Waals surface area contributed by atoms with Gasteiger partial charge in [-0.15, -0.1) is 0 Å². The monoisotopic (exact) mass is 210 g/mol. The van der Waals surface area contributed by atoms with Crippen LogP contribution < -0.4 is 5.32 Å². The molecule has 0 saturated carbocycles. The topological polar surface area (TPSA) is 64.4 Å². The van der Waals surface area contributed by atoms with E-state index in [0.29, 0.717) is 5.82 Å². The Morgan fingerprint density at radius 1 is 1.67 bits per heavy atom. The average molecular weight is 210 g/mol. The molecule has 1 aliphatic rings. The molecule has 2 atom stereocenters. The summed E-state index contributed by atoms with van der Waals surface area (Å²) < 4.78 is 10.1. The van der Waals surface area contributed by atoms with Crippen LogP contribution >= 0.6 is 0 Å². The first-order valence-corrected chi connectivity index (χ1v) is 5.10. The second-order valence-electron chi connectivity index (χ2n) is 3.70. The largest absolute Gasteiger partial charge is 0.378 e. The van der Waals surface area contributed by atoms with Crippen molar-refractivity contribution >= 4 is 11.7 Å². The third-order valence-electron chi connectivity index (χ3n) is 2.63. The van der Waals surface area contributed by atoms with Gasteiger partial charge in [-0.2, -0.15) is 0 Å². The van der Waals surface area contributed by atoms with Crippen molar-refractivity contribution in [2.24, 2.45) is 5.92 Å². The van der Waals surface area contributed by atoms with E-state index in [-0.39, 0.29) is 17.9 Å². The van der Waals surface area contributed by atoms with Crippen molar-refractivity contribution in [3.8, 4) is 0 Å². The number of amides is 1. The average Bonchev–Trinajstić information content (AvgIpc) is 2.71. The number of carbonyl (C=O) groups excluding carboxylic acids is 1. The highest BCUT2D eigenvalue weighted by Gasteiger charge is 2.28. The highest BCUT2D eigenvalue weighted by molar-refractivity contribution is 5.91. The molecule has 1 aromatic rings. The molecule has 0 bridgehead atoms. The molecule has 82 valence electrons. The number of nitrogens with zero attached hydrogens (tertiary/aromatic N) is 1. The quantitative estimate of drug-likeness (QED) is 0.801. The van der Waals surface area contributed by atoms with Crippen LogP contribution in [0, 0.1) is 5.92 Å². The van der Waals surface area contributed by atoms with Crippen LogP contribution in [0.25, 0.3) is 0 Å². The molecule has 2 rings (SSSR count). The lowest BCUT2D eigenvalue weighted by molar-refractivity contribution is -0.127. The molecule has 0 radical (unpaired) electrons. The lowest BCUT2D eigenvalue weighted by Gasteiger charge is -2.27. The van der Waals surface area contributed by atoms with Crippen LogP contribution in [0.2, 0.25) is 0 Å². The molecule has 5 heteroatoms. The Bertz CT molecular complexity index is 323. The fourth-order valence-electron chi connectivity index (χ4n) is 1.76. The molecule has 5 nitrogen and oxygen atoms in total. The van der Waals surface area contributed by atoms with E-state index in [9.17, 15) is 4.79 Å². The molecule has 0 aliphatic carbocycles. The molecule has 2 heterocycles. The van der Waals surface area contributed by atoms with Crippen LogP contribution in [0.4, 0.5) is 5.82 Å². The Balaban J connectivity index is 1.95. The number of rotatable bonds is 2. The Morgan fingerprint density at radius 2 is 2.53 bits per heavy atom. The Kier molecular flexibility index (Phi) is 3.01. The van der Waals surface area contributed by atoms with Gasteiger partial charge in [0, 0.05) is 12.7 Å². The van der Waals surface area contributed by atoms with Crippen LogP contribution in [0.3, 0.4) is 0 Å². The molecule has 1 aliphatic heterocycles. The number of carbonyl (C=O) groups is 1. The van der Waals surface area contributed by atoms with Crippen LogP contribution in [0.15, 0.2) is 16.9 Å². The van der Waals surface area contributed by atoms with Gasteiger partial charge in [0.25, 0.3) is 0 Å². The van der Waals surface area contributed by atoms with Crippen LogP contribution in [-0.2, 0) is 9.53 Å². The van der Waals surface area contributed by atoms with Crippen molar-refractivity contribution in [2.75, 3.05) is 11.9 Å². The van der Waals surface area contributed by atoms with Gasteiger partial charge in [0.05, 0.1) is 12.0 Å². The molecule has 1 aromatic heterocycles. The van der Waals surface area contributed by atoms with Crippen molar-refractivity contribution in [1.82, 2.24) is 5.16 Å². The molecular formula is C10H14N2O3. The standard InChI is InChI=1S/C10H14N2O3/c1-7-8(3-2-5-14-7)10(13)11-9-4-6-15-12-9/h4,6-8H,2-3,5H2,1H3,(H,11,12,13). The molecule has 1 fully saturated rings. The second-order valence-corrected chi connectivity index (χ2v) is 3.70. The summed E-state index contributed by atoms with van der Waals surface area (Å²) in [6.07, 6.45) is 3.20. The molecule has 0 aromatic carbocycles.